The molecule has 1 N–H and O–H groups in total. The maximum Gasteiger partial charge on any atom is 0.185 e. The molecule has 0 amide bonds. The van der Waals surface area contributed by atoms with Crippen molar-refractivity contribution in [2.24, 2.45) is 0 Å². The van der Waals surface area contributed by atoms with Crippen LogP contribution in [0.2, 0.25) is 0 Å². The van der Waals surface area contributed by atoms with Crippen molar-refractivity contribution in [3.63, 3.8) is 0 Å². The van der Waals surface area contributed by atoms with E-state index in [2.05, 4.69) is 5.32 Å². The number of benzene rings is 2. The molecule has 20 heavy (non-hydrogen) atoms. The highest BCUT2D eigenvalue weighted by atomic mass is 19.2. The second-order valence-corrected chi connectivity index (χ2v) is 4.27. The van der Waals surface area contributed by atoms with Gasteiger partial charge >= 0.3 is 0 Å². The Bertz CT molecular complexity index is 628. The molecule has 0 bridgehead atoms. The van der Waals surface area contributed by atoms with Gasteiger partial charge in [-0.15, -0.1) is 0 Å². The molecule has 0 aliphatic heterocycles. The van der Waals surface area contributed by atoms with Crippen LogP contribution >= 0.6 is 0 Å². The monoisotopic (exact) mass is 287 g/mol. The number of hydrogen-bond acceptors (Lipinski definition) is 1. The van der Waals surface area contributed by atoms with Gasteiger partial charge in [0.1, 0.15) is 11.5 Å². The highest BCUT2D eigenvalue weighted by molar-refractivity contribution is 5.48. The summed E-state index contributed by atoms with van der Waals surface area (Å²) in [4.78, 5) is 0. The van der Waals surface area contributed by atoms with E-state index in [1.165, 1.54) is 18.2 Å². The lowest BCUT2D eigenvalue weighted by molar-refractivity contribution is 0.458. The van der Waals surface area contributed by atoms with Gasteiger partial charge < -0.3 is 5.32 Å². The lowest BCUT2D eigenvalue weighted by atomic mass is 10.1. The average Bonchev–Trinajstić information content (AvgIpc) is 2.40. The van der Waals surface area contributed by atoms with Crippen LogP contribution in [0.25, 0.3) is 0 Å². The quantitative estimate of drug-likeness (QED) is 0.655. The summed E-state index contributed by atoms with van der Waals surface area (Å²) in [6.45, 7) is 1.51. The molecule has 0 saturated heterocycles. The summed E-state index contributed by atoms with van der Waals surface area (Å²) in [6, 6.07) is 4.03. The second kappa shape index (κ2) is 5.48. The Labute approximate surface area is 112 Å². The van der Waals surface area contributed by atoms with Gasteiger partial charge in [0.15, 0.2) is 23.3 Å². The van der Waals surface area contributed by atoms with Crippen molar-refractivity contribution in [3.05, 3.63) is 64.5 Å². The van der Waals surface area contributed by atoms with Crippen LogP contribution in [0.3, 0.4) is 0 Å². The zero-order valence-electron chi connectivity index (χ0n) is 10.4. The number of nitrogens with one attached hydrogen (secondary N) is 1. The first kappa shape index (κ1) is 14.3. The lowest BCUT2D eigenvalue weighted by Crippen LogP contribution is -2.08. The van der Waals surface area contributed by atoms with Crippen molar-refractivity contribution in [1.29, 1.82) is 0 Å². The third kappa shape index (κ3) is 2.74. The summed E-state index contributed by atoms with van der Waals surface area (Å²) in [7, 11) is 0. The zero-order chi connectivity index (χ0) is 14.9. The number of hydrogen-bond donors (Lipinski definition) is 1. The molecule has 1 nitrogen and oxygen atoms in total. The van der Waals surface area contributed by atoms with Crippen LogP contribution in [-0.4, -0.2) is 0 Å². The molecule has 0 heterocycles. The standard InChI is InChI=1S/C14H10F5N/c1-7-2-3-9(15)4-8(7)6-20-14-12(18)10(16)5-11(17)13(14)19/h2-5,20H,6H2,1H3. The minimum Gasteiger partial charge on any atom is -0.376 e. The summed E-state index contributed by atoms with van der Waals surface area (Å²) in [6.07, 6.45) is 0. The topological polar surface area (TPSA) is 12.0 Å². The molecular formula is C14H10F5N. The fourth-order valence-corrected chi connectivity index (χ4v) is 1.74. The number of rotatable bonds is 3. The predicted octanol–water partition coefficient (Wildman–Crippen LogP) is 4.30. The van der Waals surface area contributed by atoms with E-state index in [1.807, 2.05) is 0 Å². The molecule has 0 aliphatic rings. The van der Waals surface area contributed by atoms with E-state index in [0.717, 1.165) is 0 Å². The molecule has 106 valence electrons. The largest absolute Gasteiger partial charge is 0.376 e. The van der Waals surface area contributed by atoms with E-state index in [9.17, 15) is 22.0 Å². The molecule has 0 fully saturated rings. The van der Waals surface area contributed by atoms with Gasteiger partial charge in [-0.1, -0.05) is 6.07 Å². The number of anilines is 1. The van der Waals surface area contributed by atoms with Crippen LogP contribution in [0.5, 0.6) is 0 Å². The molecule has 0 radical (unpaired) electrons. The van der Waals surface area contributed by atoms with Crippen molar-refractivity contribution >= 4 is 5.69 Å². The Hall–Kier alpha value is -2.11. The number of aryl methyl sites for hydroxylation is 1. The van der Waals surface area contributed by atoms with Gasteiger partial charge in [-0.05, 0) is 30.2 Å². The maximum absolute atomic E-state index is 13.4. The Morgan fingerprint density at radius 1 is 0.900 bits per heavy atom. The summed E-state index contributed by atoms with van der Waals surface area (Å²) in [5.41, 5.74) is 0.191. The van der Waals surface area contributed by atoms with Crippen LogP contribution in [0, 0.1) is 36.0 Å². The molecule has 2 rings (SSSR count). The van der Waals surface area contributed by atoms with E-state index in [-0.39, 0.29) is 12.6 Å². The van der Waals surface area contributed by atoms with Crippen LogP contribution in [0.4, 0.5) is 27.6 Å². The molecule has 0 unspecified atom stereocenters. The smallest absolute Gasteiger partial charge is 0.185 e. The summed E-state index contributed by atoms with van der Waals surface area (Å²) >= 11 is 0. The third-order valence-electron chi connectivity index (χ3n) is 2.88. The van der Waals surface area contributed by atoms with Gasteiger partial charge in [0.2, 0.25) is 0 Å². The average molecular weight is 287 g/mol. The van der Waals surface area contributed by atoms with Crippen molar-refractivity contribution < 1.29 is 22.0 Å². The Balaban J connectivity index is 2.30. The summed E-state index contributed by atoms with van der Waals surface area (Å²) in [5, 5.41) is 2.25. The van der Waals surface area contributed by atoms with E-state index >= 15 is 0 Å². The van der Waals surface area contributed by atoms with Crippen molar-refractivity contribution in [2.75, 3.05) is 5.32 Å². The zero-order valence-corrected chi connectivity index (χ0v) is 10.4. The normalized spacial score (nSPS) is 10.7. The summed E-state index contributed by atoms with van der Waals surface area (Å²) in [5.74, 6) is -6.54. The molecule has 6 heteroatoms. The third-order valence-corrected chi connectivity index (χ3v) is 2.88. The van der Waals surface area contributed by atoms with E-state index in [0.29, 0.717) is 11.1 Å². The van der Waals surface area contributed by atoms with E-state index in [1.54, 1.807) is 6.92 Å². The molecule has 0 aliphatic carbocycles. The van der Waals surface area contributed by atoms with Gasteiger partial charge in [0.05, 0.1) is 0 Å². The number of halogens is 5. The Morgan fingerprint density at radius 3 is 2.10 bits per heavy atom. The van der Waals surface area contributed by atoms with Crippen LogP contribution < -0.4 is 5.32 Å². The van der Waals surface area contributed by atoms with Crippen LogP contribution in [0.1, 0.15) is 11.1 Å². The Morgan fingerprint density at radius 2 is 1.50 bits per heavy atom. The van der Waals surface area contributed by atoms with Gasteiger partial charge in [-0.3, -0.25) is 0 Å². The van der Waals surface area contributed by atoms with Gasteiger partial charge in [0.25, 0.3) is 0 Å². The molecule has 0 aromatic heterocycles. The van der Waals surface area contributed by atoms with Crippen LogP contribution in [-0.2, 0) is 6.54 Å². The van der Waals surface area contributed by atoms with Crippen molar-refractivity contribution in [3.8, 4) is 0 Å². The first-order chi connectivity index (χ1) is 9.40. The minimum absolute atomic E-state index is 0.128. The lowest BCUT2D eigenvalue weighted by Gasteiger charge is -2.11. The van der Waals surface area contributed by atoms with Gasteiger partial charge in [0, 0.05) is 12.6 Å². The van der Waals surface area contributed by atoms with E-state index in [4.69, 9.17) is 0 Å². The van der Waals surface area contributed by atoms with Gasteiger partial charge in [-0.2, -0.15) is 0 Å². The van der Waals surface area contributed by atoms with Crippen molar-refractivity contribution in [2.45, 2.75) is 13.5 Å². The molecule has 0 saturated carbocycles. The summed E-state index contributed by atoms with van der Waals surface area (Å²) < 4.78 is 65.9. The second-order valence-electron chi connectivity index (χ2n) is 4.27. The van der Waals surface area contributed by atoms with E-state index < -0.39 is 34.8 Å². The molecule has 0 atom stereocenters. The van der Waals surface area contributed by atoms with Gasteiger partial charge in [-0.25, -0.2) is 22.0 Å². The predicted molar refractivity (Wildman–Crippen MR) is 64.7 cm³/mol. The SMILES string of the molecule is Cc1ccc(F)cc1CNc1c(F)c(F)cc(F)c1F. The first-order valence-electron chi connectivity index (χ1n) is 5.72. The van der Waals surface area contributed by atoms with Crippen LogP contribution in [0.15, 0.2) is 24.3 Å². The van der Waals surface area contributed by atoms with Crippen molar-refractivity contribution in [1.82, 2.24) is 0 Å². The fourth-order valence-electron chi connectivity index (χ4n) is 1.74. The molecular weight excluding hydrogens is 277 g/mol. The molecule has 2 aromatic carbocycles. The Kier molecular flexibility index (Phi) is 3.92. The molecule has 0 spiro atoms. The first-order valence-corrected chi connectivity index (χ1v) is 5.72. The minimum atomic E-state index is -1.52. The fraction of sp³-hybridized carbons (Fsp3) is 0.143. The highest BCUT2D eigenvalue weighted by Crippen LogP contribution is 2.25. The molecule has 2 aromatic rings. The highest BCUT2D eigenvalue weighted by Gasteiger charge is 2.18. The maximum atomic E-state index is 13.4.